The summed E-state index contributed by atoms with van der Waals surface area (Å²) in [5.41, 5.74) is 1.04. The highest BCUT2D eigenvalue weighted by molar-refractivity contribution is 5.80. The second-order valence-electron chi connectivity index (χ2n) is 4.57. The third kappa shape index (κ3) is 2.66. The summed E-state index contributed by atoms with van der Waals surface area (Å²) in [6, 6.07) is 0.182. The number of carbonyl (C=O) groups excluding carboxylic acids is 1. The summed E-state index contributed by atoms with van der Waals surface area (Å²) < 4.78 is 7.12. The number of carbonyl (C=O) groups is 1. The van der Waals surface area contributed by atoms with Crippen LogP contribution in [0.1, 0.15) is 24.9 Å². The van der Waals surface area contributed by atoms with E-state index in [9.17, 15) is 4.79 Å². The number of rotatable bonds is 3. The molecule has 0 bridgehead atoms. The van der Waals surface area contributed by atoms with E-state index in [4.69, 9.17) is 4.74 Å². The van der Waals surface area contributed by atoms with Crippen LogP contribution in [-0.2, 0) is 22.5 Å². The number of methoxy groups -OCH3 is 1. The number of imidazole rings is 1. The molecule has 0 aliphatic carbocycles. The van der Waals surface area contributed by atoms with Gasteiger partial charge in [0.25, 0.3) is 0 Å². The molecule has 1 amide bonds. The van der Waals surface area contributed by atoms with E-state index in [0.717, 1.165) is 30.9 Å². The van der Waals surface area contributed by atoms with Crippen molar-refractivity contribution in [3.8, 4) is 0 Å². The van der Waals surface area contributed by atoms with Crippen LogP contribution in [0.15, 0.2) is 6.20 Å². The van der Waals surface area contributed by atoms with Crippen molar-refractivity contribution in [3.05, 3.63) is 17.7 Å². The molecule has 5 heteroatoms. The first kappa shape index (κ1) is 12.1. The zero-order chi connectivity index (χ0) is 12.4. The summed E-state index contributed by atoms with van der Waals surface area (Å²) in [5, 5.41) is 3.01. The lowest BCUT2D eigenvalue weighted by molar-refractivity contribution is -0.131. The van der Waals surface area contributed by atoms with Gasteiger partial charge in [0.15, 0.2) is 0 Å². The molecule has 5 nitrogen and oxygen atoms in total. The van der Waals surface area contributed by atoms with Crippen LogP contribution in [0, 0.1) is 6.92 Å². The zero-order valence-corrected chi connectivity index (χ0v) is 10.6. The third-order valence-electron chi connectivity index (χ3n) is 3.18. The quantitative estimate of drug-likeness (QED) is 0.840. The van der Waals surface area contributed by atoms with Crippen LogP contribution < -0.4 is 5.32 Å². The molecular weight excluding hydrogens is 218 g/mol. The van der Waals surface area contributed by atoms with Gasteiger partial charge in [0.1, 0.15) is 11.9 Å². The van der Waals surface area contributed by atoms with Crippen molar-refractivity contribution < 1.29 is 9.53 Å². The topological polar surface area (TPSA) is 56.1 Å². The number of hydrogen-bond acceptors (Lipinski definition) is 3. The fourth-order valence-electron chi connectivity index (χ4n) is 2.13. The van der Waals surface area contributed by atoms with Crippen LogP contribution in [0.5, 0.6) is 0 Å². The van der Waals surface area contributed by atoms with Crippen LogP contribution in [0.3, 0.4) is 0 Å². The van der Waals surface area contributed by atoms with Gasteiger partial charge in [-0.25, -0.2) is 4.98 Å². The summed E-state index contributed by atoms with van der Waals surface area (Å²) >= 11 is 0. The Morgan fingerprint density at radius 3 is 3.18 bits per heavy atom. The molecule has 1 aromatic heterocycles. The van der Waals surface area contributed by atoms with Crippen molar-refractivity contribution in [2.24, 2.45) is 0 Å². The van der Waals surface area contributed by atoms with Gasteiger partial charge in [-0.2, -0.15) is 0 Å². The third-order valence-corrected chi connectivity index (χ3v) is 3.18. The highest BCUT2D eigenvalue weighted by Crippen LogP contribution is 2.15. The predicted octanol–water partition coefficient (Wildman–Crippen LogP) is 0.657. The molecular formula is C12H19N3O2. The number of nitrogens with one attached hydrogen (secondary N) is 1. The van der Waals surface area contributed by atoms with Crippen molar-refractivity contribution in [3.63, 3.8) is 0 Å². The minimum Gasteiger partial charge on any atom is -0.372 e. The number of ether oxygens (including phenoxy) is 1. The lowest BCUT2D eigenvalue weighted by atomic mass is 10.1. The molecule has 0 radical (unpaired) electrons. The van der Waals surface area contributed by atoms with Crippen molar-refractivity contribution in [1.29, 1.82) is 0 Å². The molecule has 17 heavy (non-hydrogen) atoms. The van der Waals surface area contributed by atoms with Gasteiger partial charge >= 0.3 is 0 Å². The smallest absolute Gasteiger partial charge is 0.249 e. The van der Waals surface area contributed by atoms with E-state index < -0.39 is 0 Å². The molecule has 94 valence electrons. The fraction of sp³-hybridized carbons (Fsp3) is 0.667. The van der Waals surface area contributed by atoms with Gasteiger partial charge in [-0.15, -0.1) is 0 Å². The molecule has 2 rings (SSSR count). The minimum absolute atomic E-state index is 0.0437. The number of amides is 1. The second kappa shape index (κ2) is 4.87. The molecule has 1 N–H and O–H groups in total. The fourth-order valence-corrected chi connectivity index (χ4v) is 2.13. The molecule has 1 aliphatic rings. The van der Waals surface area contributed by atoms with Crippen LogP contribution in [0.4, 0.5) is 0 Å². The van der Waals surface area contributed by atoms with Crippen molar-refractivity contribution >= 4 is 5.91 Å². The van der Waals surface area contributed by atoms with Gasteiger partial charge in [0.2, 0.25) is 5.91 Å². The molecule has 0 aromatic carbocycles. The summed E-state index contributed by atoms with van der Waals surface area (Å²) in [6.45, 7) is 4.55. The average molecular weight is 237 g/mol. The SMILES string of the molecule is CO[C@H](C)C(=O)N[C@@H]1CCc2nc(C)cn2C1. The van der Waals surface area contributed by atoms with E-state index in [0.29, 0.717) is 0 Å². The first-order valence-electron chi connectivity index (χ1n) is 5.96. The van der Waals surface area contributed by atoms with Gasteiger partial charge in [-0.05, 0) is 20.3 Å². The molecule has 1 aliphatic heterocycles. The van der Waals surface area contributed by atoms with Gasteiger partial charge in [0, 0.05) is 32.3 Å². The highest BCUT2D eigenvalue weighted by Gasteiger charge is 2.22. The summed E-state index contributed by atoms with van der Waals surface area (Å²) in [7, 11) is 1.54. The monoisotopic (exact) mass is 237 g/mol. The second-order valence-corrected chi connectivity index (χ2v) is 4.57. The minimum atomic E-state index is -0.388. The normalized spacial score (nSPS) is 20.8. The van der Waals surface area contributed by atoms with Crippen molar-refractivity contribution in [2.45, 2.75) is 45.4 Å². The van der Waals surface area contributed by atoms with E-state index in [2.05, 4.69) is 14.9 Å². The Hall–Kier alpha value is -1.36. The van der Waals surface area contributed by atoms with E-state index in [1.807, 2.05) is 13.1 Å². The molecule has 0 saturated carbocycles. The number of nitrogens with zero attached hydrogens (tertiary/aromatic N) is 2. The van der Waals surface area contributed by atoms with Gasteiger partial charge in [0.05, 0.1) is 5.69 Å². The maximum Gasteiger partial charge on any atom is 0.249 e. The van der Waals surface area contributed by atoms with Crippen molar-refractivity contribution in [1.82, 2.24) is 14.9 Å². The van der Waals surface area contributed by atoms with E-state index in [-0.39, 0.29) is 18.1 Å². The molecule has 0 spiro atoms. The molecule has 0 unspecified atom stereocenters. The molecule has 2 atom stereocenters. The predicted molar refractivity (Wildman–Crippen MR) is 63.7 cm³/mol. The lowest BCUT2D eigenvalue weighted by Crippen LogP contribution is -2.45. The summed E-state index contributed by atoms with van der Waals surface area (Å²) in [5.74, 6) is 1.07. The Labute approximate surface area is 101 Å². The maximum atomic E-state index is 11.7. The summed E-state index contributed by atoms with van der Waals surface area (Å²) in [6.07, 6.45) is 3.51. The maximum absolute atomic E-state index is 11.7. The van der Waals surface area contributed by atoms with Gasteiger partial charge in [-0.3, -0.25) is 4.79 Å². The molecule has 0 saturated heterocycles. The van der Waals surface area contributed by atoms with Crippen LogP contribution >= 0.6 is 0 Å². The standard InChI is InChI=1S/C12H19N3O2/c1-8-6-15-7-10(4-5-11(15)13-8)14-12(16)9(2)17-3/h6,9-10H,4-5,7H2,1-3H3,(H,14,16)/t9-,10-/m1/s1. The average Bonchev–Trinajstić information content (AvgIpc) is 2.67. The first-order valence-corrected chi connectivity index (χ1v) is 5.96. The van der Waals surface area contributed by atoms with Gasteiger partial charge in [-0.1, -0.05) is 0 Å². The van der Waals surface area contributed by atoms with Crippen LogP contribution in [0.2, 0.25) is 0 Å². The summed E-state index contributed by atoms with van der Waals surface area (Å²) in [4.78, 5) is 16.1. The highest BCUT2D eigenvalue weighted by atomic mass is 16.5. The molecule has 1 aromatic rings. The van der Waals surface area contributed by atoms with Gasteiger partial charge < -0.3 is 14.6 Å². The Kier molecular flexibility index (Phi) is 3.47. The first-order chi connectivity index (χ1) is 8.10. The van der Waals surface area contributed by atoms with E-state index in [1.54, 1.807) is 14.0 Å². The Balaban J connectivity index is 1.96. The number of hydrogen-bond donors (Lipinski definition) is 1. The largest absolute Gasteiger partial charge is 0.372 e. The van der Waals surface area contributed by atoms with E-state index in [1.165, 1.54) is 0 Å². The Bertz CT molecular complexity index is 414. The zero-order valence-electron chi connectivity index (χ0n) is 10.6. The van der Waals surface area contributed by atoms with Crippen LogP contribution in [-0.4, -0.2) is 34.7 Å². The van der Waals surface area contributed by atoms with Crippen LogP contribution in [0.25, 0.3) is 0 Å². The number of aryl methyl sites for hydroxylation is 2. The van der Waals surface area contributed by atoms with Crippen molar-refractivity contribution in [2.75, 3.05) is 7.11 Å². The van der Waals surface area contributed by atoms with E-state index >= 15 is 0 Å². The number of fused-ring (bicyclic) bond motifs is 1. The lowest BCUT2D eigenvalue weighted by Gasteiger charge is -2.25. The Morgan fingerprint density at radius 1 is 1.71 bits per heavy atom. The Morgan fingerprint density at radius 2 is 2.47 bits per heavy atom. The molecule has 2 heterocycles. The number of aromatic nitrogens is 2. The molecule has 0 fully saturated rings.